The zero-order chi connectivity index (χ0) is 17.9. The molecule has 1 aromatic carbocycles. The lowest BCUT2D eigenvalue weighted by atomic mass is 10.2. The molecule has 1 atom stereocenters. The van der Waals surface area contributed by atoms with Gasteiger partial charge in [0.2, 0.25) is 0 Å². The molecule has 3 heterocycles. The molecule has 0 radical (unpaired) electrons. The van der Waals surface area contributed by atoms with Gasteiger partial charge in [-0.3, -0.25) is 4.79 Å². The van der Waals surface area contributed by atoms with Crippen LogP contribution >= 0.6 is 11.8 Å². The zero-order valence-corrected chi connectivity index (χ0v) is 15.5. The predicted molar refractivity (Wildman–Crippen MR) is 103 cm³/mol. The first kappa shape index (κ1) is 17.0. The minimum Gasteiger partial charge on any atom is -0.468 e. The molecule has 6 heteroatoms. The number of hydrogen-bond acceptors (Lipinski definition) is 4. The molecule has 0 saturated carbocycles. The monoisotopic (exact) mass is 367 g/mol. The molecule has 0 unspecified atom stereocenters. The van der Waals surface area contributed by atoms with Crippen molar-refractivity contribution in [3.63, 3.8) is 0 Å². The summed E-state index contributed by atoms with van der Waals surface area (Å²) in [6.45, 7) is 3.43. The van der Waals surface area contributed by atoms with Crippen LogP contribution in [-0.4, -0.2) is 39.4 Å². The zero-order valence-electron chi connectivity index (χ0n) is 14.7. The van der Waals surface area contributed by atoms with Crippen molar-refractivity contribution in [1.82, 2.24) is 14.7 Å². The molecule has 134 valence electrons. The van der Waals surface area contributed by atoms with Crippen molar-refractivity contribution in [3.05, 3.63) is 71.9 Å². The highest BCUT2D eigenvalue weighted by molar-refractivity contribution is 7.99. The van der Waals surface area contributed by atoms with Crippen molar-refractivity contribution in [3.8, 4) is 5.69 Å². The molecule has 0 bridgehead atoms. The van der Waals surface area contributed by atoms with Gasteiger partial charge in [-0.15, -0.1) is 11.8 Å². The number of amides is 1. The third-order valence-corrected chi connectivity index (χ3v) is 6.02. The summed E-state index contributed by atoms with van der Waals surface area (Å²) in [6, 6.07) is 13.8. The number of carbonyl (C=O) groups is 1. The summed E-state index contributed by atoms with van der Waals surface area (Å²) in [7, 11) is 0. The van der Waals surface area contributed by atoms with Crippen molar-refractivity contribution < 1.29 is 9.21 Å². The van der Waals surface area contributed by atoms with Gasteiger partial charge in [-0.2, -0.15) is 5.10 Å². The second-order valence-electron chi connectivity index (χ2n) is 6.35. The summed E-state index contributed by atoms with van der Waals surface area (Å²) in [5, 5.41) is 4.75. The van der Waals surface area contributed by atoms with Gasteiger partial charge in [0, 0.05) is 18.8 Å². The molecule has 1 aliphatic rings. The summed E-state index contributed by atoms with van der Waals surface area (Å²) >= 11 is 1.86. The topological polar surface area (TPSA) is 51.3 Å². The number of nitrogens with zero attached hydrogens (tertiary/aromatic N) is 3. The maximum atomic E-state index is 13.1. The summed E-state index contributed by atoms with van der Waals surface area (Å²) in [6.07, 6.45) is 4.30. The van der Waals surface area contributed by atoms with Gasteiger partial charge in [-0.05, 0) is 37.6 Å². The van der Waals surface area contributed by atoms with E-state index in [1.807, 2.05) is 70.7 Å². The highest BCUT2D eigenvalue weighted by Gasteiger charge is 2.26. The Morgan fingerprint density at radius 2 is 2.04 bits per heavy atom. The van der Waals surface area contributed by atoms with Crippen LogP contribution in [0.3, 0.4) is 0 Å². The molecule has 1 amide bonds. The Morgan fingerprint density at radius 3 is 2.81 bits per heavy atom. The SMILES string of the molecule is Cc1c(C(=O)N2CCS[C@H](c3ccco3)CC2)cnn1-c1ccccc1. The first-order chi connectivity index (χ1) is 12.7. The van der Waals surface area contributed by atoms with Crippen LogP contribution < -0.4 is 0 Å². The predicted octanol–water partition coefficient (Wildman–Crippen LogP) is 4.09. The molecule has 0 N–H and O–H groups in total. The molecule has 1 fully saturated rings. The van der Waals surface area contributed by atoms with Crippen LogP contribution in [0.15, 0.2) is 59.3 Å². The second-order valence-corrected chi connectivity index (χ2v) is 7.66. The maximum absolute atomic E-state index is 13.1. The van der Waals surface area contributed by atoms with Crippen molar-refractivity contribution in [1.29, 1.82) is 0 Å². The molecule has 4 rings (SSSR count). The highest BCUT2D eigenvalue weighted by Crippen LogP contribution is 2.34. The minimum absolute atomic E-state index is 0.0605. The first-order valence-electron chi connectivity index (χ1n) is 8.78. The molecule has 1 saturated heterocycles. The van der Waals surface area contributed by atoms with Gasteiger partial charge in [0.25, 0.3) is 5.91 Å². The molecular weight excluding hydrogens is 346 g/mol. The fourth-order valence-electron chi connectivity index (χ4n) is 3.29. The number of hydrogen-bond donors (Lipinski definition) is 0. The number of aromatic nitrogens is 2. The molecule has 5 nitrogen and oxygen atoms in total. The number of rotatable bonds is 3. The van der Waals surface area contributed by atoms with Crippen molar-refractivity contribution in [2.45, 2.75) is 18.6 Å². The molecule has 0 aliphatic carbocycles. The van der Waals surface area contributed by atoms with E-state index in [4.69, 9.17) is 4.42 Å². The van der Waals surface area contributed by atoms with Gasteiger partial charge in [0.1, 0.15) is 5.76 Å². The van der Waals surface area contributed by atoms with E-state index in [1.165, 1.54) is 0 Å². The van der Waals surface area contributed by atoms with Gasteiger partial charge in [0.15, 0.2) is 0 Å². The van der Waals surface area contributed by atoms with Crippen molar-refractivity contribution in [2.75, 3.05) is 18.8 Å². The van der Waals surface area contributed by atoms with Crippen LogP contribution in [0.4, 0.5) is 0 Å². The second kappa shape index (κ2) is 7.41. The summed E-state index contributed by atoms with van der Waals surface area (Å²) < 4.78 is 7.37. The van der Waals surface area contributed by atoms with Crippen molar-refractivity contribution >= 4 is 17.7 Å². The molecule has 3 aromatic rings. The van der Waals surface area contributed by atoms with Gasteiger partial charge >= 0.3 is 0 Å². The van der Waals surface area contributed by atoms with Crippen LogP contribution in [0.2, 0.25) is 0 Å². The number of carbonyl (C=O) groups excluding carboxylic acids is 1. The number of furan rings is 1. The average molecular weight is 367 g/mol. The fraction of sp³-hybridized carbons (Fsp3) is 0.300. The van der Waals surface area contributed by atoms with E-state index in [2.05, 4.69) is 5.10 Å². The quantitative estimate of drug-likeness (QED) is 0.699. The van der Waals surface area contributed by atoms with E-state index in [9.17, 15) is 4.79 Å². The third kappa shape index (κ3) is 3.29. The summed E-state index contributed by atoms with van der Waals surface area (Å²) in [5.74, 6) is 1.96. The van der Waals surface area contributed by atoms with Crippen LogP contribution in [0.5, 0.6) is 0 Å². The largest absolute Gasteiger partial charge is 0.468 e. The first-order valence-corrected chi connectivity index (χ1v) is 9.83. The lowest BCUT2D eigenvalue weighted by Gasteiger charge is -2.20. The van der Waals surface area contributed by atoms with E-state index < -0.39 is 0 Å². The Morgan fingerprint density at radius 1 is 1.19 bits per heavy atom. The third-order valence-electron chi connectivity index (χ3n) is 4.73. The summed E-state index contributed by atoms with van der Waals surface area (Å²) in [4.78, 5) is 15.0. The molecule has 0 spiro atoms. The molecule has 1 aliphatic heterocycles. The van der Waals surface area contributed by atoms with Crippen LogP contribution in [0, 0.1) is 6.92 Å². The maximum Gasteiger partial charge on any atom is 0.257 e. The Labute approximate surface area is 157 Å². The van der Waals surface area contributed by atoms with Gasteiger partial charge in [-0.1, -0.05) is 18.2 Å². The lowest BCUT2D eigenvalue weighted by molar-refractivity contribution is 0.0765. The number of thioether (sulfide) groups is 1. The van der Waals surface area contributed by atoms with Gasteiger partial charge in [-0.25, -0.2) is 4.68 Å². The van der Waals surface area contributed by atoms with Crippen LogP contribution in [0.25, 0.3) is 5.69 Å². The Bertz CT molecular complexity index is 874. The smallest absolute Gasteiger partial charge is 0.257 e. The van der Waals surface area contributed by atoms with E-state index in [-0.39, 0.29) is 5.91 Å². The molecule has 2 aromatic heterocycles. The van der Waals surface area contributed by atoms with E-state index in [0.717, 1.165) is 42.4 Å². The Kier molecular flexibility index (Phi) is 4.84. The van der Waals surface area contributed by atoms with Gasteiger partial charge in [0.05, 0.1) is 34.7 Å². The number of para-hydroxylation sites is 1. The van der Waals surface area contributed by atoms with Gasteiger partial charge < -0.3 is 9.32 Å². The fourth-order valence-corrected chi connectivity index (χ4v) is 4.48. The van der Waals surface area contributed by atoms with Crippen LogP contribution in [0.1, 0.15) is 33.5 Å². The molecular formula is C20H21N3O2S. The van der Waals surface area contributed by atoms with E-state index >= 15 is 0 Å². The lowest BCUT2D eigenvalue weighted by Crippen LogP contribution is -2.33. The van der Waals surface area contributed by atoms with E-state index in [1.54, 1.807) is 12.5 Å². The normalized spacial score (nSPS) is 17.9. The van der Waals surface area contributed by atoms with Crippen LogP contribution in [-0.2, 0) is 0 Å². The Balaban J connectivity index is 1.50. The minimum atomic E-state index is 0.0605. The summed E-state index contributed by atoms with van der Waals surface area (Å²) in [5.41, 5.74) is 2.52. The molecule has 26 heavy (non-hydrogen) atoms. The van der Waals surface area contributed by atoms with Crippen molar-refractivity contribution in [2.24, 2.45) is 0 Å². The van der Waals surface area contributed by atoms with E-state index in [0.29, 0.717) is 10.8 Å². The highest BCUT2D eigenvalue weighted by atomic mass is 32.2. The number of benzene rings is 1. The Hall–Kier alpha value is -2.47. The standard InChI is InChI=1S/C20H21N3O2S/c1-15-17(14-21-23(15)16-6-3-2-4-7-16)20(24)22-10-9-19(26-13-11-22)18-8-5-12-25-18/h2-8,12,14,19H,9-11,13H2,1H3/t19-/m0/s1. The average Bonchev–Trinajstić information content (AvgIpc) is 3.26.